The highest BCUT2D eigenvalue weighted by Gasteiger charge is 2.46. The number of rotatable bonds is 7. The molecule has 0 spiro atoms. The molecule has 2 saturated heterocycles. The number of halogens is 1. The number of aromatic hydroxyl groups is 1. The van der Waals surface area contributed by atoms with E-state index in [1.165, 1.54) is 36.3 Å². The molecule has 0 bridgehead atoms. The van der Waals surface area contributed by atoms with Gasteiger partial charge in [-0.05, 0) is 42.3 Å². The number of morpholine rings is 1. The molecule has 2 fully saturated rings. The van der Waals surface area contributed by atoms with Crippen LogP contribution in [0.15, 0.2) is 48.0 Å². The summed E-state index contributed by atoms with van der Waals surface area (Å²) in [7, 11) is 1.32. The van der Waals surface area contributed by atoms with E-state index in [0.29, 0.717) is 25.2 Å². The van der Waals surface area contributed by atoms with E-state index < -0.39 is 29.3 Å². The maximum Gasteiger partial charge on any atom is 0.295 e. The van der Waals surface area contributed by atoms with Gasteiger partial charge < -0.3 is 24.6 Å². The second kappa shape index (κ2) is 10.2. The van der Waals surface area contributed by atoms with E-state index in [9.17, 15) is 24.2 Å². The number of likely N-dealkylation sites (tertiary alicyclic amines) is 1. The normalized spacial score (nSPS) is 20.6. The molecular weight excluding hydrogens is 443 g/mol. The lowest BCUT2D eigenvalue weighted by Crippen LogP contribution is -2.38. The second-order valence-electron chi connectivity index (χ2n) is 8.24. The van der Waals surface area contributed by atoms with Gasteiger partial charge in [-0.3, -0.25) is 14.5 Å². The average Bonchev–Trinajstić information content (AvgIpc) is 3.09. The van der Waals surface area contributed by atoms with Crippen LogP contribution in [0.1, 0.15) is 23.6 Å². The number of phenolic OH excluding ortho intramolecular Hbond substituents is 1. The molecule has 0 radical (unpaired) electrons. The zero-order valence-corrected chi connectivity index (χ0v) is 18.9. The van der Waals surface area contributed by atoms with E-state index in [4.69, 9.17) is 9.47 Å². The molecule has 2 aromatic carbocycles. The number of aliphatic hydroxyl groups is 1. The molecule has 2 aliphatic rings. The van der Waals surface area contributed by atoms with Crippen LogP contribution in [-0.4, -0.2) is 78.2 Å². The smallest absolute Gasteiger partial charge is 0.295 e. The van der Waals surface area contributed by atoms with Crippen LogP contribution in [0, 0.1) is 5.82 Å². The molecule has 2 heterocycles. The molecule has 9 heteroatoms. The zero-order valence-electron chi connectivity index (χ0n) is 18.9. The minimum atomic E-state index is -0.915. The summed E-state index contributed by atoms with van der Waals surface area (Å²) in [6.45, 7) is 3.92. The predicted octanol–water partition coefficient (Wildman–Crippen LogP) is 2.68. The molecule has 2 aliphatic heterocycles. The number of hydrogen-bond acceptors (Lipinski definition) is 7. The third-order valence-electron chi connectivity index (χ3n) is 6.13. The van der Waals surface area contributed by atoms with Gasteiger partial charge in [0, 0.05) is 31.7 Å². The molecular formula is C25H27FN2O6. The summed E-state index contributed by atoms with van der Waals surface area (Å²) in [4.78, 5) is 29.7. The van der Waals surface area contributed by atoms with Gasteiger partial charge in [0.2, 0.25) is 0 Å². The molecule has 1 atom stereocenters. The first-order chi connectivity index (χ1) is 16.4. The first kappa shape index (κ1) is 23.7. The van der Waals surface area contributed by atoms with Crippen molar-refractivity contribution in [2.45, 2.75) is 12.5 Å². The van der Waals surface area contributed by atoms with Crippen molar-refractivity contribution in [3.8, 4) is 11.5 Å². The van der Waals surface area contributed by atoms with E-state index in [2.05, 4.69) is 4.90 Å². The number of hydrogen-bond donors (Lipinski definition) is 2. The summed E-state index contributed by atoms with van der Waals surface area (Å²) in [5.41, 5.74) is 0.377. The van der Waals surface area contributed by atoms with E-state index >= 15 is 0 Å². The van der Waals surface area contributed by atoms with Crippen molar-refractivity contribution in [1.29, 1.82) is 0 Å². The van der Waals surface area contributed by atoms with Gasteiger partial charge in [0.25, 0.3) is 11.7 Å². The first-order valence-electron chi connectivity index (χ1n) is 11.1. The Labute approximate surface area is 196 Å². The van der Waals surface area contributed by atoms with Gasteiger partial charge in [0.05, 0.1) is 31.9 Å². The average molecular weight is 470 g/mol. The molecule has 34 heavy (non-hydrogen) atoms. The third-order valence-corrected chi connectivity index (χ3v) is 6.13. The summed E-state index contributed by atoms with van der Waals surface area (Å²) in [5.74, 6) is -2.83. The molecule has 1 unspecified atom stereocenters. The van der Waals surface area contributed by atoms with Gasteiger partial charge in [0.1, 0.15) is 11.5 Å². The Bertz CT molecular complexity index is 1110. The fraction of sp³-hybridized carbons (Fsp3) is 0.360. The fourth-order valence-corrected chi connectivity index (χ4v) is 4.41. The van der Waals surface area contributed by atoms with E-state index in [-0.39, 0.29) is 29.2 Å². The number of phenols is 1. The van der Waals surface area contributed by atoms with Crippen LogP contribution >= 0.6 is 0 Å². The summed E-state index contributed by atoms with van der Waals surface area (Å²) in [5, 5.41) is 21.1. The number of ether oxygens (including phenoxy) is 2. The number of Topliss-reactive ketones (excluding diaryl/α,β-unsaturated/α-hetero) is 1. The Hall–Kier alpha value is -3.43. The summed E-state index contributed by atoms with van der Waals surface area (Å²) in [6, 6.07) is 9.11. The van der Waals surface area contributed by atoms with Crippen molar-refractivity contribution in [1.82, 2.24) is 9.80 Å². The fourth-order valence-electron chi connectivity index (χ4n) is 4.41. The van der Waals surface area contributed by atoms with E-state index in [1.54, 1.807) is 12.1 Å². The van der Waals surface area contributed by atoms with Crippen LogP contribution < -0.4 is 4.74 Å². The van der Waals surface area contributed by atoms with Crippen molar-refractivity contribution in [3.05, 3.63) is 65.0 Å². The number of ketones is 1. The molecule has 0 aromatic heterocycles. The van der Waals surface area contributed by atoms with Gasteiger partial charge >= 0.3 is 0 Å². The van der Waals surface area contributed by atoms with Crippen LogP contribution in [0.5, 0.6) is 11.5 Å². The molecule has 2 N–H and O–H groups in total. The summed E-state index contributed by atoms with van der Waals surface area (Å²) in [6.07, 6.45) is 0.611. The minimum Gasteiger partial charge on any atom is -0.508 e. The lowest BCUT2D eigenvalue weighted by molar-refractivity contribution is -0.140. The molecule has 0 aliphatic carbocycles. The predicted molar refractivity (Wildman–Crippen MR) is 122 cm³/mol. The Balaban J connectivity index is 1.69. The number of nitrogens with zero attached hydrogens (tertiary/aromatic N) is 2. The highest BCUT2D eigenvalue weighted by Crippen LogP contribution is 2.40. The van der Waals surface area contributed by atoms with Gasteiger partial charge in [-0.15, -0.1) is 0 Å². The van der Waals surface area contributed by atoms with Crippen LogP contribution in [0.4, 0.5) is 4.39 Å². The van der Waals surface area contributed by atoms with Gasteiger partial charge in [-0.2, -0.15) is 0 Å². The van der Waals surface area contributed by atoms with Crippen LogP contribution in [0.3, 0.4) is 0 Å². The van der Waals surface area contributed by atoms with Gasteiger partial charge in [-0.25, -0.2) is 4.39 Å². The summed E-state index contributed by atoms with van der Waals surface area (Å²) < 4.78 is 24.6. The Morgan fingerprint density at radius 1 is 1.15 bits per heavy atom. The van der Waals surface area contributed by atoms with Crippen LogP contribution in [-0.2, 0) is 14.3 Å². The van der Waals surface area contributed by atoms with Gasteiger partial charge in [0.15, 0.2) is 11.6 Å². The van der Waals surface area contributed by atoms with Crippen molar-refractivity contribution < 1.29 is 33.7 Å². The molecule has 180 valence electrons. The molecule has 1 amide bonds. The van der Waals surface area contributed by atoms with E-state index in [1.807, 2.05) is 0 Å². The lowest BCUT2D eigenvalue weighted by atomic mass is 9.95. The maximum absolute atomic E-state index is 14.3. The van der Waals surface area contributed by atoms with E-state index in [0.717, 1.165) is 25.7 Å². The quantitative estimate of drug-likeness (QED) is 0.365. The lowest BCUT2D eigenvalue weighted by Gasteiger charge is -2.29. The van der Waals surface area contributed by atoms with Gasteiger partial charge in [-0.1, -0.05) is 12.1 Å². The molecule has 8 nitrogen and oxygen atoms in total. The first-order valence-corrected chi connectivity index (χ1v) is 11.1. The monoisotopic (exact) mass is 470 g/mol. The number of benzene rings is 2. The standard InChI is InChI=1S/C25H27FN2O6/c1-33-20-7-6-17(15-19(20)26)23(30)21-22(16-4-2-5-18(29)14-16)28(25(32)24(21)31)9-3-8-27-10-12-34-13-11-27/h2,4-7,14-15,22,29-30H,3,8-13H2,1H3. The molecule has 4 rings (SSSR count). The summed E-state index contributed by atoms with van der Waals surface area (Å²) >= 11 is 0. The second-order valence-corrected chi connectivity index (χ2v) is 8.24. The number of carbonyl (C=O) groups excluding carboxylic acids is 2. The van der Waals surface area contributed by atoms with Crippen molar-refractivity contribution in [2.75, 3.05) is 46.5 Å². The molecule has 0 saturated carbocycles. The Morgan fingerprint density at radius 2 is 1.91 bits per heavy atom. The Morgan fingerprint density at radius 3 is 2.59 bits per heavy atom. The third kappa shape index (κ3) is 4.76. The highest BCUT2D eigenvalue weighted by molar-refractivity contribution is 6.46. The van der Waals surface area contributed by atoms with Crippen molar-refractivity contribution in [3.63, 3.8) is 0 Å². The van der Waals surface area contributed by atoms with Crippen LogP contribution in [0.2, 0.25) is 0 Å². The molecule has 2 aromatic rings. The maximum atomic E-state index is 14.3. The Kier molecular flexibility index (Phi) is 7.14. The number of carbonyl (C=O) groups is 2. The van der Waals surface area contributed by atoms with Crippen molar-refractivity contribution >= 4 is 17.4 Å². The minimum absolute atomic E-state index is 0.00959. The SMILES string of the molecule is COc1ccc(C(O)=C2C(=O)C(=O)N(CCCN3CCOCC3)C2c2cccc(O)c2)cc1F. The van der Waals surface area contributed by atoms with Crippen LogP contribution in [0.25, 0.3) is 5.76 Å². The highest BCUT2D eigenvalue weighted by atomic mass is 19.1. The largest absolute Gasteiger partial charge is 0.508 e. The number of methoxy groups -OCH3 is 1. The van der Waals surface area contributed by atoms with Crippen molar-refractivity contribution in [2.24, 2.45) is 0 Å². The number of aliphatic hydroxyl groups excluding tert-OH is 1. The zero-order chi connectivity index (χ0) is 24.2. The topological polar surface area (TPSA) is 99.5 Å². The number of amides is 1.